The summed E-state index contributed by atoms with van der Waals surface area (Å²) in [6.07, 6.45) is 2.72. The van der Waals surface area contributed by atoms with E-state index in [1.54, 1.807) is 56.5 Å². The van der Waals surface area contributed by atoms with Crippen molar-refractivity contribution < 1.29 is 17.9 Å². The van der Waals surface area contributed by atoms with Crippen LogP contribution in [-0.4, -0.2) is 26.4 Å². The number of ether oxygens (including phenoxy) is 1. The van der Waals surface area contributed by atoms with Gasteiger partial charge in [-0.25, -0.2) is 8.42 Å². The van der Waals surface area contributed by atoms with Crippen molar-refractivity contribution in [3.63, 3.8) is 0 Å². The van der Waals surface area contributed by atoms with E-state index < -0.39 is 15.9 Å². The molecule has 1 heterocycles. The minimum atomic E-state index is -3.81. The number of aryl methyl sites for hydroxylation is 2. The average molecular weight is 411 g/mol. The van der Waals surface area contributed by atoms with Gasteiger partial charge in [0.15, 0.2) is 0 Å². The molecular formula is C21H21N3O4S. The second-order valence-corrected chi connectivity index (χ2v) is 8.17. The van der Waals surface area contributed by atoms with Crippen LogP contribution in [0.5, 0.6) is 5.75 Å². The molecule has 2 aromatic carbocycles. The summed E-state index contributed by atoms with van der Waals surface area (Å²) in [7, 11) is -2.25. The summed E-state index contributed by atoms with van der Waals surface area (Å²) in [5.74, 6) is 0.266. The van der Waals surface area contributed by atoms with E-state index in [4.69, 9.17) is 4.74 Å². The third-order valence-corrected chi connectivity index (χ3v) is 5.76. The molecule has 150 valence electrons. The van der Waals surface area contributed by atoms with E-state index in [9.17, 15) is 13.2 Å². The molecule has 0 radical (unpaired) electrons. The molecule has 0 aliphatic heterocycles. The Hall–Kier alpha value is -3.39. The van der Waals surface area contributed by atoms with Crippen LogP contribution < -0.4 is 14.8 Å². The van der Waals surface area contributed by atoms with Crippen LogP contribution in [0.15, 0.2) is 65.8 Å². The predicted octanol–water partition coefficient (Wildman–Crippen LogP) is 3.76. The van der Waals surface area contributed by atoms with E-state index in [-0.39, 0.29) is 16.1 Å². The van der Waals surface area contributed by atoms with Gasteiger partial charge in [0.2, 0.25) is 0 Å². The number of hydrogen-bond acceptors (Lipinski definition) is 5. The first kappa shape index (κ1) is 20.3. The molecule has 29 heavy (non-hydrogen) atoms. The van der Waals surface area contributed by atoms with Crippen LogP contribution in [0.1, 0.15) is 21.5 Å². The number of rotatable bonds is 6. The maximum Gasteiger partial charge on any atom is 0.262 e. The number of carbonyl (C=O) groups is 1. The predicted molar refractivity (Wildman–Crippen MR) is 112 cm³/mol. The molecule has 0 aliphatic carbocycles. The van der Waals surface area contributed by atoms with Gasteiger partial charge in [0.25, 0.3) is 15.9 Å². The zero-order valence-electron chi connectivity index (χ0n) is 16.3. The summed E-state index contributed by atoms with van der Waals surface area (Å²) in [5, 5.41) is 2.73. The molecule has 8 heteroatoms. The number of hydrogen-bond donors (Lipinski definition) is 2. The SMILES string of the molecule is COc1ccc(NC(=O)c2cncc(NS(=O)(=O)c3ccc(C)cc3C)c2)cc1. The second-order valence-electron chi connectivity index (χ2n) is 6.52. The van der Waals surface area contributed by atoms with Crippen LogP contribution in [0.4, 0.5) is 11.4 Å². The van der Waals surface area contributed by atoms with Gasteiger partial charge in [-0.3, -0.25) is 14.5 Å². The van der Waals surface area contributed by atoms with Crippen molar-refractivity contribution >= 4 is 27.3 Å². The van der Waals surface area contributed by atoms with E-state index in [1.165, 1.54) is 18.5 Å². The zero-order chi connectivity index (χ0) is 21.0. The van der Waals surface area contributed by atoms with Crippen LogP contribution in [0.2, 0.25) is 0 Å². The molecule has 2 N–H and O–H groups in total. The van der Waals surface area contributed by atoms with Crippen molar-refractivity contribution in [2.75, 3.05) is 17.1 Å². The number of carbonyl (C=O) groups excluding carboxylic acids is 1. The smallest absolute Gasteiger partial charge is 0.262 e. The van der Waals surface area contributed by atoms with Crippen LogP contribution in [0.3, 0.4) is 0 Å². The Bertz CT molecular complexity index is 1140. The summed E-state index contributed by atoms with van der Waals surface area (Å²) in [4.78, 5) is 16.6. The Morgan fingerprint density at radius 1 is 0.966 bits per heavy atom. The largest absolute Gasteiger partial charge is 0.497 e. The monoisotopic (exact) mass is 411 g/mol. The standard InChI is InChI=1S/C21H21N3O4S/c1-14-4-9-20(15(2)10-14)29(26,27)24-18-11-16(12-22-13-18)21(25)23-17-5-7-19(28-3)8-6-17/h4-13,24H,1-3H3,(H,23,25). The first-order chi connectivity index (χ1) is 13.8. The second kappa shape index (κ2) is 8.32. The number of pyridine rings is 1. The van der Waals surface area contributed by atoms with Crippen molar-refractivity contribution in [1.29, 1.82) is 0 Å². The Morgan fingerprint density at radius 2 is 1.69 bits per heavy atom. The third kappa shape index (κ3) is 4.91. The molecule has 1 amide bonds. The molecule has 7 nitrogen and oxygen atoms in total. The molecule has 0 aliphatic rings. The number of amides is 1. The van der Waals surface area contributed by atoms with Crippen LogP contribution in [0.25, 0.3) is 0 Å². The van der Waals surface area contributed by atoms with Gasteiger partial charge in [0.1, 0.15) is 5.75 Å². The van der Waals surface area contributed by atoms with E-state index >= 15 is 0 Å². The van der Waals surface area contributed by atoms with Gasteiger partial charge in [-0.05, 0) is 55.8 Å². The zero-order valence-corrected chi connectivity index (χ0v) is 17.1. The van der Waals surface area contributed by atoms with Crippen molar-refractivity contribution in [3.8, 4) is 5.75 Å². The molecular weight excluding hydrogens is 390 g/mol. The Kier molecular flexibility index (Phi) is 5.84. The minimum Gasteiger partial charge on any atom is -0.497 e. The molecule has 3 aromatic rings. The first-order valence-corrected chi connectivity index (χ1v) is 10.3. The first-order valence-electron chi connectivity index (χ1n) is 8.79. The Morgan fingerprint density at radius 3 is 2.34 bits per heavy atom. The lowest BCUT2D eigenvalue weighted by Crippen LogP contribution is -2.16. The lowest BCUT2D eigenvalue weighted by atomic mass is 10.2. The Balaban J connectivity index is 1.78. The van der Waals surface area contributed by atoms with Gasteiger partial charge in [0.05, 0.1) is 29.5 Å². The number of sulfonamides is 1. The average Bonchev–Trinajstić information content (AvgIpc) is 2.68. The van der Waals surface area contributed by atoms with Crippen molar-refractivity contribution in [2.24, 2.45) is 0 Å². The van der Waals surface area contributed by atoms with E-state index in [0.29, 0.717) is 17.0 Å². The fraction of sp³-hybridized carbons (Fsp3) is 0.143. The lowest BCUT2D eigenvalue weighted by Gasteiger charge is -2.12. The summed E-state index contributed by atoms with van der Waals surface area (Å²) < 4.78 is 33.0. The Labute approximate surface area is 169 Å². The molecule has 0 unspecified atom stereocenters. The van der Waals surface area contributed by atoms with E-state index in [1.807, 2.05) is 6.92 Å². The number of anilines is 2. The fourth-order valence-electron chi connectivity index (χ4n) is 2.81. The quantitative estimate of drug-likeness (QED) is 0.644. The summed E-state index contributed by atoms with van der Waals surface area (Å²) in [6, 6.07) is 13.4. The number of nitrogens with zero attached hydrogens (tertiary/aromatic N) is 1. The third-order valence-electron chi connectivity index (χ3n) is 4.22. The number of methoxy groups -OCH3 is 1. The van der Waals surface area contributed by atoms with Crippen molar-refractivity contribution in [1.82, 2.24) is 4.98 Å². The molecule has 0 saturated carbocycles. The maximum absolute atomic E-state index is 12.7. The molecule has 0 bridgehead atoms. The van der Waals surface area contributed by atoms with E-state index in [0.717, 1.165) is 5.56 Å². The van der Waals surface area contributed by atoms with Crippen molar-refractivity contribution in [3.05, 3.63) is 77.6 Å². The highest BCUT2D eigenvalue weighted by atomic mass is 32.2. The normalized spacial score (nSPS) is 11.0. The highest BCUT2D eigenvalue weighted by molar-refractivity contribution is 7.92. The van der Waals surface area contributed by atoms with Crippen LogP contribution in [0, 0.1) is 13.8 Å². The molecule has 0 fully saturated rings. The molecule has 3 rings (SSSR count). The van der Waals surface area contributed by atoms with Gasteiger partial charge in [-0.1, -0.05) is 17.7 Å². The van der Waals surface area contributed by atoms with Crippen LogP contribution in [-0.2, 0) is 10.0 Å². The number of benzene rings is 2. The molecule has 0 saturated heterocycles. The van der Waals surface area contributed by atoms with Gasteiger partial charge in [0, 0.05) is 11.9 Å². The molecule has 1 aromatic heterocycles. The highest BCUT2D eigenvalue weighted by Crippen LogP contribution is 2.21. The fourth-order valence-corrected chi connectivity index (χ4v) is 4.07. The van der Waals surface area contributed by atoms with E-state index in [2.05, 4.69) is 15.0 Å². The van der Waals surface area contributed by atoms with Gasteiger partial charge in [-0.15, -0.1) is 0 Å². The number of aromatic nitrogens is 1. The van der Waals surface area contributed by atoms with Gasteiger partial charge >= 0.3 is 0 Å². The molecule has 0 atom stereocenters. The summed E-state index contributed by atoms with van der Waals surface area (Å²) in [6.45, 7) is 3.63. The van der Waals surface area contributed by atoms with Crippen LogP contribution >= 0.6 is 0 Å². The minimum absolute atomic E-state index is 0.177. The summed E-state index contributed by atoms with van der Waals surface area (Å²) >= 11 is 0. The van der Waals surface area contributed by atoms with Gasteiger partial charge in [-0.2, -0.15) is 0 Å². The highest BCUT2D eigenvalue weighted by Gasteiger charge is 2.18. The van der Waals surface area contributed by atoms with Crippen molar-refractivity contribution in [2.45, 2.75) is 18.7 Å². The number of nitrogens with one attached hydrogen (secondary N) is 2. The summed E-state index contributed by atoms with van der Waals surface area (Å²) in [5.41, 5.74) is 2.62. The topological polar surface area (TPSA) is 97.4 Å². The van der Waals surface area contributed by atoms with Gasteiger partial charge < -0.3 is 10.1 Å². The maximum atomic E-state index is 12.7. The lowest BCUT2D eigenvalue weighted by molar-refractivity contribution is 0.102. The molecule has 0 spiro atoms.